The second-order valence-corrected chi connectivity index (χ2v) is 10.3. The van der Waals surface area contributed by atoms with Crippen molar-refractivity contribution in [3.05, 3.63) is 64.9 Å². The summed E-state index contributed by atoms with van der Waals surface area (Å²) in [5.74, 6) is 2.26. The molecule has 2 aliphatic rings. The fourth-order valence-corrected chi connectivity index (χ4v) is 5.64. The van der Waals surface area contributed by atoms with Crippen molar-refractivity contribution >= 4 is 17.7 Å². The van der Waals surface area contributed by atoms with Gasteiger partial charge in [0, 0.05) is 50.2 Å². The molecule has 178 valence electrons. The lowest BCUT2D eigenvalue weighted by Gasteiger charge is -2.34. The number of benzene rings is 1. The Hall–Kier alpha value is -2.71. The van der Waals surface area contributed by atoms with Gasteiger partial charge in [-0.05, 0) is 62.1 Å². The van der Waals surface area contributed by atoms with Crippen LogP contribution in [0.25, 0.3) is 0 Å². The van der Waals surface area contributed by atoms with Gasteiger partial charge in [-0.15, -0.1) is 10.2 Å². The summed E-state index contributed by atoms with van der Waals surface area (Å²) in [6.45, 7) is 9.15. The first-order valence-corrected chi connectivity index (χ1v) is 13.0. The van der Waals surface area contributed by atoms with Crippen molar-refractivity contribution in [3.8, 4) is 0 Å². The number of hydrogen-bond acceptors (Lipinski definition) is 6. The van der Waals surface area contributed by atoms with Crippen molar-refractivity contribution in [2.45, 2.75) is 62.5 Å². The third-order valence-electron chi connectivity index (χ3n) is 6.91. The lowest BCUT2D eigenvalue weighted by atomic mass is 10.1. The fraction of sp³-hybridized carbons (Fsp3) is 0.462. The highest BCUT2D eigenvalue weighted by molar-refractivity contribution is 7.99. The molecule has 5 rings (SSSR count). The second kappa shape index (κ2) is 10.3. The Morgan fingerprint density at radius 1 is 0.971 bits per heavy atom. The van der Waals surface area contributed by atoms with Crippen molar-refractivity contribution in [1.29, 1.82) is 0 Å². The van der Waals surface area contributed by atoms with E-state index >= 15 is 0 Å². The van der Waals surface area contributed by atoms with Crippen LogP contribution in [0.15, 0.2) is 46.5 Å². The number of hydrogen-bond donors (Lipinski definition) is 0. The van der Waals surface area contributed by atoms with Crippen molar-refractivity contribution in [1.82, 2.24) is 29.5 Å². The predicted molar refractivity (Wildman–Crippen MR) is 133 cm³/mol. The molecule has 0 atom stereocenters. The summed E-state index contributed by atoms with van der Waals surface area (Å²) in [5, 5.41) is 9.68. The number of aromatic nitrogens is 4. The number of nitrogens with zero attached hydrogens (tertiary/aromatic N) is 6. The van der Waals surface area contributed by atoms with Crippen LogP contribution in [0.3, 0.4) is 0 Å². The normalized spacial score (nSPS) is 16.8. The molecule has 0 spiro atoms. The highest BCUT2D eigenvalue weighted by Gasteiger charge is 2.26. The van der Waals surface area contributed by atoms with E-state index in [4.69, 9.17) is 0 Å². The van der Waals surface area contributed by atoms with Gasteiger partial charge < -0.3 is 9.47 Å². The maximum atomic E-state index is 13.4. The quantitative estimate of drug-likeness (QED) is 0.552. The topological polar surface area (TPSA) is 67.2 Å². The first-order valence-electron chi connectivity index (χ1n) is 12.2. The average Bonchev–Trinajstić information content (AvgIpc) is 3.07. The third kappa shape index (κ3) is 5.03. The van der Waals surface area contributed by atoms with Gasteiger partial charge in [0.2, 0.25) is 0 Å². The van der Waals surface area contributed by atoms with Crippen LogP contribution < -0.4 is 0 Å². The van der Waals surface area contributed by atoms with Gasteiger partial charge >= 0.3 is 0 Å². The fourth-order valence-electron chi connectivity index (χ4n) is 4.67. The summed E-state index contributed by atoms with van der Waals surface area (Å²) in [6.07, 6.45) is 6.47. The SMILES string of the molecule is Cc1ccc(Sc2ncccc2C(=O)N2CCN(Cc3nnc4n3CCCCC4)CC2)cc1C. The number of fused-ring (bicyclic) bond motifs is 1. The van der Waals surface area contributed by atoms with E-state index in [-0.39, 0.29) is 5.91 Å². The lowest BCUT2D eigenvalue weighted by molar-refractivity contribution is 0.0619. The molecule has 4 heterocycles. The standard InChI is InChI=1S/C26H32N6OS/c1-19-9-10-21(17-20(19)2)34-25-22(7-6-11-27-25)26(33)31-15-13-30(14-16-31)18-24-29-28-23-8-4-3-5-12-32(23)24/h6-7,9-11,17H,3-5,8,12-16,18H2,1-2H3. The molecule has 0 radical (unpaired) electrons. The van der Waals surface area contributed by atoms with Crippen LogP contribution in [0.5, 0.6) is 0 Å². The Bertz CT molecular complexity index is 1170. The Kier molecular flexibility index (Phi) is 6.97. The Balaban J connectivity index is 1.22. The maximum Gasteiger partial charge on any atom is 0.256 e. The average molecular weight is 477 g/mol. The minimum Gasteiger partial charge on any atom is -0.336 e. The molecule has 2 aromatic heterocycles. The summed E-state index contributed by atoms with van der Waals surface area (Å²) in [6, 6.07) is 10.1. The van der Waals surface area contributed by atoms with Gasteiger partial charge in [-0.25, -0.2) is 4.98 Å². The zero-order chi connectivity index (χ0) is 23.5. The molecule has 1 fully saturated rings. The summed E-state index contributed by atoms with van der Waals surface area (Å²) in [5.41, 5.74) is 3.19. The van der Waals surface area contributed by atoms with Crippen molar-refractivity contribution in [2.24, 2.45) is 0 Å². The molecule has 0 N–H and O–H groups in total. The maximum absolute atomic E-state index is 13.4. The van der Waals surface area contributed by atoms with E-state index in [0.29, 0.717) is 18.7 Å². The van der Waals surface area contributed by atoms with Crippen LogP contribution >= 0.6 is 11.8 Å². The zero-order valence-corrected chi connectivity index (χ0v) is 20.9. The van der Waals surface area contributed by atoms with Gasteiger partial charge in [0.1, 0.15) is 16.7 Å². The minimum atomic E-state index is 0.0652. The molecule has 1 saturated heterocycles. The Labute approximate surface area is 205 Å². The van der Waals surface area contributed by atoms with Gasteiger partial charge in [-0.1, -0.05) is 24.2 Å². The van der Waals surface area contributed by atoms with Gasteiger partial charge in [0.15, 0.2) is 0 Å². The highest BCUT2D eigenvalue weighted by Crippen LogP contribution is 2.30. The smallest absolute Gasteiger partial charge is 0.256 e. The number of aryl methyl sites for hydroxylation is 3. The van der Waals surface area contributed by atoms with E-state index in [1.54, 1.807) is 18.0 Å². The molecular formula is C26H32N6OS. The molecule has 0 unspecified atom stereocenters. The second-order valence-electron chi connectivity index (χ2n) is 9.27. The van der Waals surface area contributed by atoms with Crippen molar-refractivity contribution in [2.75, 3.05) is 26.2 Å². The molecule has 3 aromatic rings. The number of rotatable bonds is 5. The van der Waals surface area contributed by atoms with E-state index in [0.717, 1.165) is 54.2 Å². The van der Waals surface area contributed by atoms with Gasteiger partial charge in [0.05, 0.1) is 12.1 Å². The first kappa shape index (κ1) is 23.1. The summed E-state index contributed by atoms with van der Waals surface area (Å²) < 4.78 is 2.32. The molecule has 1 amide bonds. The molecule has 0 aliphatic carbocycles. The van der Waals surface area contributed by atoms with Gasteiger partial charge in [-0.2, -0.15) is 0 Å². The van der Waals surface area contributed by atoms with E-state index in [1.165, 1.54) is 30.4 Å². The molecule has 34 heavy (non-hydrogen) atoms. The highest BCUT2D eigenvalue weighted by atomic mass is 32.2. The van der Waals surface area contributed by atoms with Crippen LogP contribution in [0, 0.1) is 13.8 Å². The molecule has 1 aromatic carbocycles. The molecule has 0 saturated carbocycles. The van der Waals surface area contributed by atoms with Crippen LogP contribution in [-0.2, 0) is 19.5 Å². The van der Waals surface area contributed by atoms with Crippen LogP contribution in [0.2, 0.25) is 0 Å². The van der Waals surface area contributed by atoms with E-state index in [1.807, 2.05) is 17.0 Å². The molecule has 2 aliphatic heterocycles. The molecule has 7 nitrogen and oxygen atoms in total. The van der Waals surface area contributed by atoms with Gasteiger partial charge in [0.25, 0.3) is 5.91 Å². The third-order valence-corrected chi connectivity index (χ3v) is 7.91. The number of carbonyl (C=O) groups excluding carboxylic acids is 1. The first-order chi connectivity index (χ1) is 16.6. The number of amides is 1. The van der Waals surface area contributed by atoms with E-state index < -0.39 is 0 Å². The Morgan fingerprint density at radius 2 is 1.82 bits per heavy atom. The van der Waals surface area contributed by atoms with Crippen LogP contribution in [-0.4, -0.2) is 61.6 Å². The van der Waals surface area contributed by atoms with Crippen molar-refractivity contribution < 1.29 is 4.79 Å². The number of piperazine rings is 1. The minimum absolute atomic E-state index is 0.0652. The number of pyridine rings is 1. The van der Waals surface area contributed by atoms with E-state index in [2.05, 4.69) is 56.7 Å². The molecular weight excluding hydrogens is 444 g/mol. The monoisotopic (exact) mass is 476 g/mol. The van der Waals surface area contributed by atoms with Crippen LogP contribution in [0.1, 0.15) is 52.4 Å². The summed E-state index contributed by atoms with van der Waals surface area (Å²) in [4.78, 5) is 23.4. The van der Waals surface area contributed by atoms with Crippen LogP contribution in [0.4, 0.5) is 0 Å². The molecule has 8 heteroatoms. The van der Waals surface area contributed by atoms with Gasteiger partial charge in [-0.3, -0.25) is 9.69 Å². The van der Waals surface area contributed by atoms with E-state index in [9.17, 15) is 4.79 Å². The largest absolute Gasteiger partial charge is 0.336 e. The molecule has 0 bridgehead atoms. The summed E-state index contributed by atoms with van der Waals surface area (Å²) >= 11 is 1.56. The summed E-state index contributed by atoms with van der Waals surface area (Å²) in [7, 11) is 0. The lowest BCUT2D eigenvalue weighted by Crippen LogP contribution is -2.48. The van der Waals surface area contributed by atoms with Crippen molar-refractivity contribution in [3.63, 3.8) is 0 Å². The zero-order valence-electron chi connectivity index (χ0n) is 20.0. The number of carbonyl (C=O) groups is 1. The predicted octanol–water partition coefficient (Wildman–Crippen LogP) is 4.13. The Morgan fingerprint density at radius 3 is 2.65 bits per heavy atom.